The van der Waals surface area contributed by atoms with Crippen LogP contribution in [0.2, 0.25) is 0 Å². The first-order valence-corrected chi connectivity index (χ1v) is 6.04. The quantitative estimate of drug-likeness (QED) is 0.536. The molecule has 0 atom stereocenters. The van der Waals surface area contributed by atoms with Gasteiger partial charge in [0.25, 0.3) is 5.91 Å². The lowest BCUT2D eigenvalue weighted by molar-refractivity contribution is 0.0936. The highest BCUT2D eigenvalue weighted by Crippen LogP contribution is 2.09. The fourth-order valence-corrected chi connectivity index (χ4v) is 1.56. The minimum Gasteiger partial charge on any atom is -0.448 e. The Labute approximate surface area is 117 Å². The number of hydrogen-bond donors (Lipinski definition) is 3. The first-order chi connectivity index (χ1) is 9.52. The van der Waals surface area contributed by atoms with Gasteiger partial charge in [-0.1, -0.05) is 11.8 Å². The zero-order valence-electron chi connectivity index (χ0n) is 11.2. The van der Waals surface area contributed by atoms with Gasteiger partial charge in [-0.15, -0.1) is 0 Å². The average Bonchev–Trinajstić information content (AvgIpc) is 2.40. The zero-order chi connectivity index (χ0) is 15.0. The van der Waals surface area contributed by atoms with E-state index in [2.05, 4.69) is 21.9 Å². The smallest absolute Gasteiger partial charge is 0.404 e. The molecular formula is C14H17N3O3. The molecule has 0 unspecified atom stereocenters. The summed E-state index contributed by atoms with van der Waals surface area (Å²) in [5.41, 5.74) is 12.3. The van der Waals surface area contributed by atoms with Crippen molar-refractivity contribution in [1.29, 1.82) is 0 Å². The van der Waals surface area contributed by atoms with E-state index in [-0.39, 0.29) is 25.6 Å². The largest absolute Gasteiger partial charge is 0.448 e. The fraction of sp³-hybridized carbons (Fsp3) is 0.286. The number of carbonyl (C=O) groups is 2. The SMILES string of the molecule is Cc1cc(C#CCN)cc(C(=O)NCCOC(N)=O)c1. The zero-order valence-corrected chi connectivity index (χ0v) is 11.2. The van der Waals surface area contributed by atoms with E-state index in [4.69, 9.17) is 11.5 Å². The van der Waals surface area contributed by atoms with Crippen LogP contribution in [0.25, 0.3) is 0 Å². The highest BCUT2D eigenvalue weighted by atomic mass is 16.5. The third-order valence-corrected chi connectivity index (χ3v) is 2.31. The Morgan fingerprint density at radius 2 is 2.10 bits per heavy atom. The van der Waals surface area contributed by atoms with E-state index in [1.165, 1.54) is 0 Å². The Balaban J connectivity index is 2.67. The van der Waals surface area contributed by atoms with Gasteiger partial charge in [-0.2, -0.15) is 0 Å². The van der Waals surface area contributed by atoms with Gasteiger partial charge >= 0.3 is 6.09 Å². The van der Waals surface area contributed by atoms with Crippen molar-refractivity contribution in [3.8, 4) is 11.8 Å². The summed E-state index contributed by atoms with van der Waals surface area (Å²) in [4.78, 5) is 22.3. The first kappa shape index (κ1) is 15.5. The summed E-state index contributed by atoms with van der Waals surface area (Å²) in [7, 11) is 0. The first-order valence-electron chi connectivity index (χ1n) is 6.04. The number of hydrogen-bond acceptors (Lipinski definition) is 4. The van der Waals surface area contributed by atoms with Gasteiger partial charge < -0.3 is 21.5 Å². The molecule has 0 aliphatic carbocycles. The lowest BCUT2D eigenvalue weighted by Gasteiger charge is -2.06. The van der Waals surface area contributed by atoms with E-state index in [0.29, 0.717) is 5.56 Å². The molecule has 0 spiro atoms. The number of aryl methyl sites for hydroxylation is 1. The van der Waals surface area contributed by atoms with Crippen LogP contribution in [0.1, 0.15) is 21.5 Å². The van der Waals surface area contributed by atoms with Crippen LogP contribution in [0.5, 0.6) is 0 Å². The van der Waals surface area contributed by atoms with Crippen molar-refractivity contribution in [1.82, 2.24) is 5.32 Å². The Bertz CT molecular complexity index is 559. The van der Waals surface area contributed by atoms with Gasteiger partial charge in [0, 0.05) is 11.1 Å². The van der Waals surface area contributed by atoms with Gasteiger partial charge in [0.1, 0.15) is 6.61 Å². The standard InChI is InChI=1S/C14H17N3O3/c1-10-7-11(3-2-4-15)9-12(8-10)13(18)17-5-6-20-14(16)19/h7-9H,4-6,15H2,1H3,(H2,16,19)(H,17,18). The molecule has 0 heterocycles. The Hall–Kier alpha value is -2.52. The van der Waals surface area contributed by atoms with Crippen molar-refractivity contribution < 1.29 is 14.3 Å². The van der Waals surface area contributed by atoms with Gasteiger partial charge in [0.2, 0.25) is 0 Å². The third kappa shape index (κ3) is 5.42. The van der Waals surface area contributed by atoms with Gasteiger partial charge in [0.05, 0.1) is 13.1 Å². The second-order valence-electron chi connectivity index (χ2n) is 4.02. The summed E-state index contributed by atoms with van der Waals surface area (Å²) >= 11 is 0. The fourth-order valence-electron chi connectivity index (χ4n) is 1.56. The topological polar surface area (TPSA) is 107 Å². The highest BCUT2D eigenvalue weighted by Gasteiger charge is 2.07. The van der Waals surface area contributed by atoms with E-state index in [1.807, 2.05) is 13.0 Å². The molecule has 1 aromatic carbocycles. The molecule has 6 heteroatoms. The van der Waals surface area contributed by atoms with Crippen LogP contribution < -0.4 is 16.8 Å². The molecule has 1 aromatic rings. The van der Waals surface area contributed by atoms with Gasteiger partial charge in [-0.3, -0.25) is 4.79 Å². The predicted octanol–water partition coefficient (Wildman–Crippen LogP) is 0.130. The van der Waals surface area contributed by atoms with Crippen LogP contribution in [-0.4, -0.2) is 31.7 Å². The lowest BCUT2D eigenvalue weighted by atomic mass is 10.1. The molecule has 0 saturated heterocycles. The van der Waals surface area contributed by atoms with E-state index >= 15 is 0 Å². The predicted molar refractivity (Wildman–Crippen MR) is 75.0 cm³/mol. The van der Waals surface area contributed by atoms with E-state index in [1.54, 1.807) is 12.1 Å². The molecular weight excluding hydrogens is 258 g/mol. The lowest BCUT2D eigenvalue weighted by Crippen LogP contribution is -2.29. The molecule has 0 aliphatic rings. The van der Waals surface area contributed by atoms with Crippen LogP contribution in [0.15, 0.2) is 18.2 Å². The molecule has 0 fully saturated rings. The minimum atomic E-state index is -0.867. The molecule has 0 saturated carbocycles. The van der Waals surface area contributed by atoms with Crippen molar-refractivity contribution in [3.05, 3.63) is 34.9 Å². The molecule has 1 rings (SSSR count). The third-order valence-electron chi connectivity index (χ3n) is 2.31. The number of ether oxygens (including phenoxy) is 1. The number of primary amides is 1. The van der Waals surface area contributed by atoms with E-state index in [0.717, 1.165) is 11.1 Å². The van der Waals surface area contributed by atoms with Crippen LogP contribution in [-0.2, 0) is 4.74 Å². The molecule has 0 bridgehead atoms. The molecule has 6 nitrogen and oxygen atoms in total. The Morgan fingerprint density at radius 1 is 1.35 bits per heavy atom. The van der Waals surface area contributed by atoms with E-state index < -0.39 is 6.09 Å². The number of benzene rings is 1. The minimum absolute atomic E-state index is 0.0344. The van der Waals surface area contributed by atoms with Crippen LogP contribution >= 0.6 is 0 Å². The number of amides is 2. The number of carbonyl (C=O) groups excluding carboxylic acids is 2. The van der Waals surface area contributed by atoms with Crippen molar-refractivity contribution in [2.75, 3.05) is 19.7 Å². The Morgan fingerprint density at radius 3 is 2.75 bits per heavy atom. The number of nitrogens with one attached hydrogen (secondary N) is 1. The molecule has 106 valence electrons. The summed E-state index contributed by atoms with van der Waals surface area (Å²) in [6.07, 6.45) is -0.867. The van der Waals surface area contributed by atoms with Gasteiger partial charge in [0.15, 0.2) is 0 Å². The van der Waals surface area contributed by atoms with Crippen LogP contribution in [0.4, 0.5) is 4.79 Å². The molecule has 2 amide bonds. The summed E-state index contributed by atoms with van der Waals surface area (Å²) < 4.78 is 4.52. The van der Waals surface area contributed by atoms with Crippen molar-refractivity contribution in [2.24, 2.45) is 11.5 Å². The molecule has 20 heavy (non-hydrogen) atoms. The van der Waals surface area contributed by atoms with Gasteiger partial charge in [-0.25, -0.2) is 4.79 Å². The molecule has 0 aliphatic heterocycles. The second-order valence-corrected chi connectivity index (χ2v) is 4.02. The average molecular weight is 275 g/mol. The highest BCUT2D eigenvalue weighted by molar-refractivity contribution is 5.94. The maximum absolute atomic E-state index is 11.9. The van der Waals surface area contributed by atoms with Crippen LogP contribution in [0, 0.1) is 18.8 Å². The summed E-state index contributed by atoms with van der Waals surface area (Å²) in [5, 5.41) is 2.62. The Kier molecular flexibility index (Phi) is 6.07. The monoisotopic (exact) mass is 275 g/mol. The van der Waals surface area contributed by atoms with Crippen molar-refractivity contribution in [2.45, 2.75) is 6.92 Å². The maximum Gasteiger partial charge on any atom is 0.404 e. The van der Waals surface area contributed by atoms with Crippen molar-refractivity contribution >= 4 is 12.0 Å². The van der Waals surface area contributed by atoms with Crippen molar-refractivity contribution in [3.63, 3.8) is 0 Å². The molecule has 5 N–H and O–H groups in total. The van der Waals surface area contributed by atoms with Crippen LogP contribution in [0.3, 0.4) is 0 Å². The summed E-state index contributed by atoms with van der Waals surface area (Å²) in [6, 6.07) is 5.30. The number of rotatable bonds is 4. The normalized spacial score (nSPS) is 9.30. The van der Waals surface area contributed by atoms with E-state index in [9.17, 15) is 9.59 Å². The molecule has 0 aromatic heterocycles. The number of nitrogens with two attached hydrogens (primary N) is 2. The summed E-state index contributed by atoms with van der Waals surface area (Å²) in [6.45, 7) is 2.37. The van der Waals surface area contributed by atoms with Gasteiger partial charge in [-0.05, 0) is 30.7 Å². The second kappa shape index (κ2) is 7.81. The summed E-state index contributed by atoms with van der Waals surface area (Å²) in [5.74, 6) is 5.35. The molecule has 0 radical (unpaired) electrons. The maximum atomic E-state index is 11.9.